The van der Waals surface area contributed by atoms with Gasteiger partial charge < -0.3 is 4.57 Å². The lowest BCUT2D eigenvalue weighted by Crippen LogP contribution is -2.17. The first-order valence-corrected chi connectivity index (χ1v) is 19.5. The fraction of sp³-hybridized carbons (Fsp3) is 0.111. The van der Waals surface area contributed by atoms with Crippen LogP contribution < -0.4 is 0 Å². The Balaban J connectivity index is 1.19. The van der Waals surface area contributed by atoms with E-state index in [-0.39, 0.29) is 5.92 Å². The first kappa shape index (κ1) is 34.3. The molecule has 55 heavy (non-hydrogen) atoms. The van der Waals surface area contributed by atoms with Gasteiger partial charge in [0.05, 0.1) is 5.52 Å². The van der Waals surface area contributed by atoms with Crippen molar-refractivity contribution >= 4 is 17.0 Å². The summed E-state index contributed by atoms with van der Waals surface area (Å²) in [5, 5.41) is 1.27. The fourth-order valence-electron chi connectivity index (χ4n) is 9.13. The molecule has 0 fully saturated rings. The number of allylic oxidation sites excluding steroid dienone is 2. The van der Waals surface area contributed by atoms with Gasteiger partial charge in [-0.15, -0.1) is 0 Å². The number of hydrogen-bond acceptors (Lipinski definition) is 0. The van der Waals surface area contributed by atoms with Crippen LogP contribution in [0.2, 0.25) is 0 Å². The summed E-state index contributed by atoms with van der Waals surface area (Å²) in [4.78, 5) is 0. The van der Waals surface area contributed by atoms with Gasteiger partial charge in [-0.3, -0.25) is 0 Å². The predicted molar refractivity (Wildman–Crippen MR) is 234 cm³/mol. The minimum atomic E-state index is 0.226. The van der Waals surface area contributed by atoms with Gasteiger partial charge in [-0.25, -0.2) is 0 Å². The Labute approximate surface area is 325 Å². The SMILES string of the molecule is C=C/C=C\c1c(C)c2ccccc2n1-c1ccc(-c2cc(Cc3ccccc3-c3ccccc3C)cc(C3c4ccccc4-c4ccccc4C3C)c2)cc1. The lowest BCUT2D eigenvalue weighted by molar-refractivity contribution is 0.649. The molecule has 0 amide bonds. The minimum absolute atomic E-state index is 0.226. The summed E-state index contributed by atoms with van der Waals surface area (Å²) in [6, 6.07) is 60.9. The molecule has 0 bridgehead atoms. The van der Waals surface area contributed by atoms with Crippen LogP contribution in [0.15, 0.2) is 183 Å². The van der Waals surface area contributed by atoms with E-state index in [1.165, 1.54) is 88.9 Å². The second-order valence-electron chi connectivity index (χ2n) is 15.1. The fourth-order valence-corrected chi connectivity index (χ4v) is 9.13. The van der Waals surface area contributed by atoms with Crippen LogP contribution in [0.4, 0.5) is 0 Å². The van der Waals surface area contributed by atoms with E-state index in [1.54, 1.807) is 0 Å². The normalized spacial score (nSPS) is 14.9. The first-order valence-electron chi connectivity index (χ1n) is 19.5. The number of benzene rings is 7. The molecule has 0 radical (unpaired) electrons. The summed E-state index contributed by atoms with van der Waals surface area (Å²) in [5.74, 6) is 0.548. The molecule has 2 unspecified atom stereocenters. The number of fused-ring (bicyclic) bond motifs is 4. The van der Waals surface area contributed by atoms with Crippen molar-refractivity contribution in [2.24, 2.45) is 0 Å². The molecule has 2 atom stereocenters. The quantitative estimate of drug-likeness (QED) is 0.139. The van der Waals surface area contributed by atoms with Crippen LogP contribution in [0.5, 0.6) is 0 Å². The molecular weight excluding hydrogens is 663 g/mol. The maximum absolute atomic E-state index is 3.94. The molecule has 1 aliphatic carbocycles. The number of hydrogen-bond donors (Lipinski definition) is 0. The van der Waals surface area contributed by atoms with E-state index in [0.717, 1.165) is 12.1 Å². The molecule has 0 saturated carbocycles. The monoisotopic (exact) mass is 707 g/mol. The summed E-state index contributed by atoms with van der Waals surface area (Å²) in [6.45, 7) is 10.8. The van der Waals surface area contributed by atoms with Crippen LogP contribution in [0.1, 0.15) is 63.4 Å². The second-order valence-corrected chi connectivity index (χ2v) is 15.1. The van der Waals surface area contributed by atoms with Crippen LogP contribution in [-0.2, 0) is 6.42 Å². The largest absolute Gasteiger partial charge is 0.310 e. The van der Waals surface area contributed by atoms with Crippen molar-refractivity contribution in [3.05, 3.63) is 227 Å². The molecule has 1 heterocycles. The van der Waals surface area contributed by atoms with Crippen LogP contribution in [0.25, 0.3) is 56.0 Å². The van der Waals surface area contributed by atoms with Gasteiger partial charge in [0.25, 0.3) is 0 Å². The maximum atomic E-state index is 3.94. The molecular formula is C54H45N. The van der Waals surface area contributed by atoms with Crippen LogP contribution in [0.3, 0.4) is 0 Å². The summed E-state index contributed by atoms with van der Waals surface area (Å²) < 4.78 is 2.37. The van der Waals surface area contributed by atoms with Crippen LogP contribution >= 0.6 is 0 Å². The van der Waals surface area contributed by atoms with Crippen LogP contribution in [-0.4, -0.2) is 4.57 Å². The molecule has 7 aromatic carbocycles. The van der Waals surface area contributed by atoms with Crippen LogP contribution in [0, 0.1) is 13.8 Å². The van der Waals surface area contributed by atoms with E-state index in [2.05, 4.69) is 202 Å². The molecule has 1 aliphatic rings. The van der Waals surface area contributed by atoms with Gasteiger partial charge in [0.1, 0.15) is 0 Å². The third kappa shape index (κ3) is 6.16. The van der Waals surface area contributed by atoms with Crippen molar-refractivity contribution in [2.75, 3.05) is 0 Å². The van der Waals surface area contributed by atoms with E-state index >= 15 is 0 Å². The number of para-hydroxylation sites is 1. The van der Waals surface area contributed by atoms with E-state index in [0.29, 0.717) is 5.92 Å². The average Bonchev–Trinajstić information content (AvgIpc) is 3.51. The first-order chi connectivity index (χ1) is 27.0. The highest BCUT2D eigenvalue weighted by molar-refractivity contribution is 5.90. The van der Waals surface area contributed by atoms with Crippen molar-refractivity contribution in [2.45, 2.75) is 39.0 Å². The van der Waals surface area contributed by atoms with E-state index in [1.807, 2.05) is 12.2 Å². The standard InChI is InChI=1S/C54H45N/c1-5-6-26-52-37(3)47-21-15-16-27-53(47)55(52)44-30-28-40(29-31-44)42-33-39(32-41-18-8-10-22-48(41)45-19-9-7-17-36(45)2)34-43(35-42)54-38(4)46-20-11-12-23-49(46)50-24-13-14-25-51(50)54/h5-31,33-35,38,54H,1,32H2,2-4H3/b26-6-. The maximum Gasteiger partial charge on any atom is 0.0537 e. The second kappa shape index (κ2) is 14.4. The average molecular weight is 708 g/mol. The topological polar surface area (TPSA) is 4.93 Å². The molecule has 1 aromatic heterocycles. The summed E-state index contributed by atoms with van der Waals surface area (Å²) in [5.41, 5.74) is 20.7. The third-order valence-electron chi connectivity index (χ3n) is 11.8. The van der Waals surface area contributed by atoms with Gasteiger partial charge >= 0.3 is 0 Å². The Morgan fingerprint density at radius 1 is 0.600 bits per heavy atom. The van der Waals surface area contributed by atoms with Gasteiger partial charge in [0, 0.05) is 22.7 Å². The highest BCUT2D eigenvalue weighted by Gasteiger charge is 2.32. The highest BCUT2D eigenvalue weighted by Crippen LogP contribution is 2.50. The predicted octanol–water partition coefficient (Wildman–Crippen LogP) is 14.3. The number of aromatic nitrogens is 1. The van der Waals surface area contributed by atoms with Crippen molar-refractivity contribution in [3.63, 3.8) is 0 Å². The molecule has 9 rings (SSSR count). The molecule has 0 aliphatic heterocycles. The zero-order chi connectivity index (χ0) is 37.5. The van der Waals surface area contributed by atoms with Gasteiger partial charge in [-0.2, -0.15) is 0 Å². The molecule has 266 valence electrons. The van der Waals surface area contributed by atoms with Gasteiger partial charge in [0.15, 0.2) is 0 Å². The molecule has 0 saturated heterocycles. The van der Waals surface area contributed by atoms with Gasteiger partial charge in [-0.05, 0) is 123 Å². The van der Waals surface area contributed by atoms with Crippen molar-refractivity contribution in [1.82, 2.24) is 4.57 Å². The lowest BCUT2D eigenvalue weighted by atomic mass is 9.69. The number of aryl methyl sites for hydroxylation is 2. The number of nitrogens with zero attached hydrogens (tertiary/aromatic N) is 1. The highest BCUT2D eigenvalue weighted by atomic mass is 15.0. The summed E-state index contributed by atoms with van der Waals surface area (Å²) in [7, 11) is 0. The Bertz CT molecular complexity index is 2740. The molecule has 1 nitrogen and oxygen atoms in total. The Morgan fingerprint density at radius 2 is 1.24 bits per heavy atom. The Kier molecular flexibility index (Phi) is 9.00. The molecule has 0 N–H and O–H groups in total. The smallest absolute Gasteiger partial charge is 0.0537 e. The lowest BCUT2D eigenvalue weighted by Gasteiger charge is -2.34. The number of rotatable bonds is 8. The Hall–Kier alpha value is -6.44. The molecule has 8 aromatic rings. The summed E-state index contributed by atoms with van der Waals surface area (Å²) in [6.07, 6.45) is 6.89. The zero-order valence-electron chi connectivity index (χ0n) is 31.8. The Morgan fingerprint density at radius 3 is 2.00 bits per heavy atom. The van der Waals surface area contributed by atoms with Gasteiger partial charge in [-0.1, -0.05) is 171 Å². The summed E-state index contributed by atoms with van der Waals surface area (Å²) >= 11 is 0. The van der Waals surface area contributed by atoms with Gasteiger partial charge in [0.2, 0.25) is 0 Å². The molecule has 0 spiro atoms. The zero-order valence-corrected chi connectivity index (χ0v) is 31.8. The minimum Gasteiger partial charge on any atom is -0.310 e. The van der Waals surface area contributed by atoms with Crippen molar-refractivity contribution in [1.29, 1.82) is 0 Å². The molecule has 1 heteroatoms. The van der Waals surface area contributed by atoms with Crippen molar-refractivity contribution < 1.29 is 0 Å². The third-order valence-corrected chi connectivity index (χ3v) is 11.8. The van der Waals surface area contributed by atoms with E-state index < -0.39 is 0 Å². The van der Waals surface area contributed by atoms with Crippen molar-refractivity contribution in [3.8, 4) is 39.1 Å². The van der Waals surface area contributed by atoms with E-state index in [9.17, 15) is 0 Å². The van der Waals surface area contributed by atoms with E-state index in [4.69, 9.17) is 0 Å².